The largest absolute Gasteiger partial charge is 0.497 e. The normalized spacial score (nSPS) is 11.2. The Morgan fingerprint density at radius 2 is 1.57 bits per heavy atom. The Balaban J connectivity index is 1.37. The fourth-order valence-electron chi connectivity index (χ4n) is 3.94. The number of amides is 2. The number of hydrogen-bond acceptors (Lipinski definition) is 5. The molecule has 0 spiro atoms. The van der Waals surface area contributed by atoms with E-state index in [1.807, 2.05) is 0 Å². The molecule has 0 bridgehead atoms. The van der Waals surface area contributed by atoms with Gasteiger partial charge in [-0.15, -0.1) is 5.10 Å². The lowest BCUT2D eigenvalue weighted by molar-refractivity contribution is -0.137. The molecule has 2 N–H and O–H groups in total. The zero-order chi connectivity index (χ0) is 29.7. The summed E-state index contributed by atoms with van der Waals surface area (Å²) in [5, 5.41) is 9.84. The number of halogens is 4. The number of anilines is 2. The van der Waals surface area contributed by atoms with Crippen molar-refractivity contribution in [2.45, 2.75) is 12.8 Å². The highest BCUT2D eigenvalue weighted by Crippen LogP contribution is 2.32. The maximum absolute atomic E-state index is 13.2. The lowest BCUT2D eigenvalue weighted by Gasteiger charge is -2.11. The van der Waals surface area contributed by atoms with Crippen LogP contribution in [0.4, 0.5) is 33.7 Å². The topological polar surface area (TPSA) is 90.3 Å². The van der Waals surface area contributed by atoms with E-state index in [2.05, 4.69) is 20.7 Å². The number of methoxy groups -OCH3 is 1. The predicted octanol–water partition coefficient (Wildman–Crippen LogP) is 7.32. The summed E-state index contributed by atoms with van der Waals surface area (Å²) in [5.74, 6) is 0.436. The molecular formula is C30H23F4N5O3. The fraction of sp³-hybridized carbons (Fsp3) is 0.100. The minimum absolute atomic E-state index is 0.0332. The number of ether oxygens (including phenoxy) is 2. The molecule has 4 aromatic carbocycles. The third-order valence-corrected chi connectivity index (χ3v) is 6.04. The van der Waals surface area contributed by atoms with Gasteiger partial charge in [0.25, 0.3) is 0 Å². The smallest absolute Gasteiger partial charge is 0.416 e. The number of alkyl halides is 3. The Labute approximate surface area is 237 Å². The van der Waals surface area contributed by atoms with Crippen molar-refractivity contribution >= 4 is 17.4 Å². The number of aromatic nitrogens is 3. The number of rotatable bonds is 8. The van der Waals surface area contributed by atoms with Gasteiger partial charge >= 0.3 is 18.2 Å². The van der Waals surface area contributed by atoms with Crippen molar-refractivity contribution in [3.8, 4) is 28.8 Å². The second kappa shape index (κ2) is 12.0. The number of benzene rings is 4. The van der Waals surface area contributed by atoms with E-state index in [1.54, 1.807) is 60.7 Å². The molecule has 1 aromatic heterocycles. The minimum atomic E-state index is -4.49. The van der Waals surface area contributed by atoms with Crippen LogP contribution in [0.3, 0.4) is 0 Å². The number of carbonyl (C=O) groups excluding carboxylic acids is 1. The van der Waals surface area contributed by atoms with E-state index in [0.717, 1.165) is 12.1 Å². The molecule has 214 valence electrons. The molecule has 0 fully saturated rings. The van der Waals surface area contributed by atoms with Crippen LogP contribution >= 0.6 is 0 Å². The van der Waals surface area contributed by atoms with Crippen LogP contribution in [0.15, 0.2) is 97.1 Å². The zero-order valence-electron chi connectivity index (χ0n) is 22.0. The first kappa shape index (κ1) is 28.1. The molecule has 0 saturated carbocycles. The van der Waals surface area contributed by atoms with Gasteiger partial charge in [-0.1, -0.05) is 30.3 Å². The van der Waals surface area contributed by atoms with Crippen LogP contribution in [0.25, 0.3) is 17.1 Å². The van der Waals surface area contributed by atoms with E-state index in [4.69, 9.17) is 9.47 Å². The van der Waals surface area contributed by atoms with Crippen molar-refractivity contribution in [1.82, 2.24) is 14.8 Å². The Morgan fingerprint density at radius 3 is 2.24 bits per heavy atom. The number of urea groups is 1. The van der Waals surface area contributed by atoms with E-state index in [0.29, 0.717) is 33.9 Å². The van der Waals surface area contributed by atoms with Crippen molar-refractivity contribution in [3.63, 3.8) is 0 Å². The molecule has 5 rings (SSSR count). The minimum Gasteiger partial charge on any atom is -0.497 e. The van der Waals surface area contributed by atoms with Crippen LogP contribution in [0.2, 0.25) is 0 Å². The first-order valence-corrected chi connectivity index (χ1v) is 12.5. The van der Waals surface area contributed by atoms with Crippen molar-refractivity contribution in [3.05, 3.63) is 114 Å². The average molecular weight is 578 g/mol. The molecule has 8 nitrogen and oxygen atoms in total. The van der Waals surface area contributed by atoms with Gasteiger partial charge in [-0.25, -0.2) is 13.9 Å². The molecule has 0 radical (unpaired) electrons. The van der Waals surface area contributed by atoms with E-state index in [1.165, 1.54) is 36.1 Å². The molecule has 42 heavy (non-hydrogen) atoms. The van der Waals surface area contributed by atoms with Gasteiger partial charge in [-0.2, -0.15) is 18.2 Å². The van der Waals surface area contributed by atoms with Gasteiger partial charge in [-0.3, -0.25) is 0 Å². The molecule has 0 aliphatic rings. The maximum Gasteiger partial charge on any atom is 0.416 e. The monoisotopic (exact) mass is 577 g/mol. The van der Waals surface area contributed by atoms with Gasteiger partial charge in [0.15, 0.2) is 5.82 Å². The van der Waals surface area contributed by atoms with Gasteiger partial charge in [0.05, 0.1) is 18.4 Å². The second-order valence-corrected chi connectivity index (χ2v) is 8.98. The molecule has 1 heterocycles. The van der Waals surface area contributed by atoms with Crippen LogP contribution in [0, 0.1) is 5.82 Å². The lowest BCUT2D eigenvalue weighted by Crippen LogP contribution is -2.19. The zero-order valence-corrected chi connectivity index (χ0v) is 22.0. The van der Waals surface area contributed by atoms with Crippen molar-refractivity contribution in [2.75, 3.05) is 17.7 Å². The lowest BCUT2D eigenvalue weighted by atomic mass is 10.1. The first-order valence-electron chi connectivity index (χ1n) is 12.5. The Morgan fingerprint density at radius 1 is 0.881 bits per heavy atom. The van der Waals surface area contributed by atoms with E-state index in [-0.39, 0.29) is 24.3 Å². The van der Waals surface area contributed by atoms with Gasteiger partial charge in [0.1, 0.15) is 18.2 Å². The first-order chi connectivity index (χ1) is 20.2. The molecule has 0 atom stereocenters. The van der Waals surface area contributed by atoms with Crippen LogP contribution in [-0.2, 0) is 12.8 Å². The van der Waals surface area contributed by atoms with Crippen molar-refractivity contribution < 1.29 is 31.8 Å². The van der Waals surface area contributed by atoms with Crippen molar-refractivity contribution in [2.24, 2.45) is 0 Å². The summed E-state index contributed by atoms with van der Waals surface area (Å²) in [5.41, 5.74) is 1.77. The highest BCUT2D eigenvalue weighted by Gasteiger charge is 2.30. The van der Waals surface area contributed by atoms with E-state index >= 15 is 0 Å². The van der Waals surface area contributed by atoms with Crippen LogP contribution < -0.4 is 20.1 Å². The summed E-state index contributed by atoms with van der Waals surface area (Å²) >= 11 is 0. The Bertz CT molecular complexity index is 1670. The molecule has 0 aliphatic heterocycles. The molecule has 0 aliphatic carbocycles. The molecule has 5 aromatic rings. The van der Waals surface area contributed by atoms with Gasteiger partial charge in [-0.05, 0) is 66.2 Å². The highest BCUT2D eigenvalue weighted by atomic mass is 19.4. The Kier molecular flexibility index (Phi) is 8.05. The Hall–Kier alpha value is -5.39. The van der Waals surface area contributed by atoms with Crippen LogP contribution in [-0.4, -0.2) is 27.9 Å². The predicted molar refractivity (Wildman–Crippen MR) is 148 cm³/mol. The van der Waals surface area contributed by atoms with Crippen LogP contribution in [0.1, 0.15) is 11.1 Å². The number of nitrogens with zero attached hydrogens (tertiary/aromatic N) is 3. The average Bonchev–Trinajstić information content (AvgIpc) is 3.41. The summed E-state index contributed by atoms with van der Waals surface area (Å²) < 4.78 is 64.9. The summed E-state index contributed by atoms with van der Waals surface area (Å²) in [6.45, 7) is 0.0437. The quantitative estimate of drug-likeness (QED) is 0.189. The second-order valence-electron chi connectivity index (χ2n) is 8.98. The molecular weight excluding hydrogens is 554 g/mol. The number of nitrogens with one attached hydrogen (secondary N) is 2. The van der Waals surface area contributed by atoms with Crippen LogP contribution in [0.5, 0.6) is 11.8 Å². The number of hydrogen-bond donors (Lipinski definition) is 2. The van der Waals surface area contributed by atoms with Gasteiger partial charge < -0.3 is 20.1 Å². The molecule has 0 saturated heterocycles. The third kappa shape index (κ3) is 6.84. The summed E-state index contributed by atoms with van der Waals surface area (Å²) in [6.07, 6.45) is -4.49. The maximum atomic E-state index is 13.2. The molecule has 12 heteroatoms. The number of carbonyl (C=O) groups is 1. The van der Waals surface area contributed by atoms with E-state index in [9.17, 15) is 22.4 Å². The summed E-state index contributed by atoms with van der Waals surface area (Å²) in [4.78, 5) is 16.9. The van der Waals surface area contributed by atoms with Gasteiger partial charge in [0.2, 0.25) is 0 Å². The van der Waals surface area contributed by atoms with E-state index < -0.39 is 17.8 Å². The standard InChI is InChI=1S/C30H23F4N5O3/c1-41-26-4-2-3-24(17-26)36-28(40)35-23-13-15-25(16-14-23)39-27(20-7-9-21(10-8-20)30(32,33)34)37-29(38-39)42-18-19-5-11-22(31)12-6-19/h2-17H,18H2,1H3,(H2,35,36,40). The SMILES string of the molecule is COc1cccc(NC(=O)Nc2ccc(-n3nc(OCc4ccc(F)cc4)nc3-c3ccc(C(F)(F)F)cc3)cc2)c1. The third-order valence-electron chi connectivity index (χ3n) is 6.04. The molecule has 2 amide bonds. The summed E-state index contributed by atoms with van der Waals surface area (Å²) in [6, 6.07) is 23.2. The summed E-state index contributed by atoms with van der Waals surface area (Å²) in [7, 11) is 1.53. The van der Waals surface area contributed by atoms with Gasteiger partial charge in [0, 0.05) is 23.0 Å². The van der Waals surface area contributed by atoms with Crippen molar-refractivity contribution in [1.29, 1.82) is 0 Å². The highest BCUT2D eigenvalue weighted by molar-refractivity contribution is 5.99. The fourth-order valence-corrected chi connectivity index (χ4v) is 3.94. The molecule has 0 unspecified atom stereocenters.